The van der Waals surface area contributed by atoms with Gasteiger partial charge in [0.25, 0.3) is 5.91 Å². The first kappa shape index (κ1) is 12.8. The van der Waals surface area contributed by atoms with E-state index in [1.807, 2.05) is 0 Å². The lowest BCUT2D eigenvalue weighted by molar-refractivity contribution is 0.102. The van der Waals surface area contributed by atoms with Gasteiger partial charge in [0, 0.05) is 23.5 Å². The summed E-state index contributed by atoms with van der Waals surface area (Å²) >= 11 is 0. The minimum absolute atomic E-state index is 0.0600. The van der Waals surface area contributed by atoms with Gasteiger partial charge in [-0.1, -0.05) is 18.2 Å². The number of anilines is 1. The molecular weight excluding hydrogens is 272 g/mol. The van der Waals surface area contributed by atoms with E-state index >= 15 is 0 Å². The van der Waals surface area contributed by atoms with Crippen molar-refractivity contribution in [2.24, 2.45) is 0 Å². The van der Waals surface area contributed by atoms with E-state index in [0.717, 1.165) is 4.68 Å². The summed E-state index contributed by atoms with van der Waals surface area (Å²) in [6.07, 6.45) is 1.85. The Kier molecular flexibility index (Phi) is 3.07. The Morgan fingerprint density at radius 3 is 2.52 bits per heavy atom. The molecule has 0 radical (unpaired) electrons. The number of pyridine rings is 1. The van der Waals surface area contributed by atoms with Crippen LogP contribution in [0.2, 0.25) is 0 Å². The van der Waals surface area contributed by atoms with Crippen molar-refractivity contribution in [1.82, 2.24) is 14.8 Å². The maximum absolute atomic E-state index is 12.3. The third-order valence-corrected chi connectivity index (χ3v) is 2.92. The second-order valence-electron chi connectivity index (χ2n) is 4.25. The molecule has 0 bridgehead atoms. The maximum atomic E-state index is 12.3. The number of fused-ring (bicyclic) bond motifs is 1. The molecule has 0 atom stereocenters. The van der Waals surface area contributed by atoms with Gasteiger partial charge in [0.05, 0.1) is 5.52 Å². The van der Waals surface area contributed by atoms with Crippen LogP contribution in [0.5, 0.6) is 0 Å². The summed E-state index contributed by atoms with van der Waals surface area (Å²) in [5, 5.41) is 16.1. The zero-order valence-corrected chi connectivity index (χ0v) is 10.7. The number of carbonyl (C=O) groups excluding carboxylic acids is 1. The number of amides is 1. The van der Waals surface area contributed by atoms with Crippen molar-refractivity contribution in [3.05, 3.63) is 54.5 Å². The number of nitrogens with zero attached hydrogens (tertiary/aromatic N) is 3. The number of carbonyl (C=O) groups is 2. The van der Waals surface area contributed by atoms with Gasteiger partial charge in [0.2, 0.25) is 0 Å². The molecule has 3 rings (SSSR count). The molecule has 0 aliphatic rings. The number of nitrogens with one attached hydrogen (secondary N) is 1. The number of para-hydroxylation sites is 1. The Bertz CT molecular complexity index is 827. The molecule has 0 unspecified atom stereocenters. The topological polar surface area (TPSA) is 97.1 Å². The molecule has 0 saturated carbocycles. The largest absolute Gasteiger partial charge is 0.463 e. The predicted molar refractivity (Wildman–Crippen MR) is 75.3 cm³/mol. The highest BCUT2D eigenvalue weighted by Gasteiger charge is 2.19. The third kappa shape index (κ3) is 2.32. The van der Waals surface area contributed by atoms with E-state index in [-0.39, 0.29) is 5.69 Å². The first-order valence-electron chi connectivity index (χ1n) is 6.09. The van der Waals surface area contributed by atoms with Crippen molar-refractivity contribution in [3.63, 3.8) is 0 Å². The summed E-state index contributed by atoms with van der Waals surface area (Å²) in [5.41, 5.74) is 0.985. The fourth-order valence-corrected chi connectivity index (χ4v) is 2.01. The monoisotopic (exact) mass is 282 g/mol. The molecule has 0 fully saturated rings. The van der Waals surface area contributed by atoms with Crippen LogP contribution in [0.25, 0.3) is 10.9 Å². The van der Waals surface area contributed by atoms with Crippen LogP contribution in [0.1, 0.15) is 10.5 Å². The third-order valence-electron chi connectivity index (χ3n) is 2.92. The summed E-state index contributed by atoms with van der Waals surface area (Å²) in [7, 11) is 0. The second kappa shape index (κ2) is 5.04. The second-order valence-corrected chi connectivity index (χ2v) is 4.25. The summed E-state index contributed by atoms with van der Waals surface area (Å²) in [5.74, 6) is -0.475. The Balaban J connectivity index is 2.04. The molecular formula is C14H10N4O3. The lowest BCUT2D eigenvalue weighted by atomic mass is 10.2. The summed E-state index contributed by atoms with van der Waals surface area (Å²) in [6.45, 7) is 0. The molecule has 0 aliphatic heterocycles. The zero-order valence-electron chi connectivity index (χ0n) is 10.7. The molecule has 1 aromatic carbocycles. The van der Waals surface area contributed by atoms with Gasteiger partial charge in [-0.2, -0.15) is 9.78 Å². The number of hydrogen-bond donors (Lipinski definition) is 2. The van der Waals surface area contributed by atoms with Gasteiger partial charge >= 0.3 is 6.09 Å². The smallest absolute Gasteiger partial charge is 0.432 e. The first-order chi connectivity index (χ1) is 10.2. The standard InChI is InChI=1S/C14H10N4O3/c19-13(16-9-5-7-15-8-6-9)12-10-3-1-2-4-11(10)18(17-12)14(20)21/h1-8H,(H,20,21)(H,15,16,19). The van der Waals surface area contributed by atoms with Crippen molar-refractivity contribution in [1.29, 1.82) is 0 Å². The van der Waals surface area contributed by atoms with Gasteiger partial charge in [-0.25, -0.2) is 4.79 Å². The first-order valence-corrected chi connectivity index (χ1v) is 6.09. The molecule has 2 heterocycles. The number of aromatic nitrogens is 3. The van der Waals surface area contributed by atoms with Crippen LogP contribution < -0.4 is 5.32 Å². The Labute approximate surface area is 118 Å². The van der Waals surface area contributed by atoms with E-state index in [9.17, 15) is 9.59 Å². The van der Waals surface area contributed by atoms with E-state index in [2.05, 4.69) is 15.4 Å². The quantitative estimate of drug-likeness (QED) is 0.751. The minimum atomic E-state index is -1.24. The molecule has 0 aliphatic carbocycles. The van der Waals surface area contributed by atoms with Crippen LogP contribution >= 0.6 is 0 Å². The number of rotatable bonds is 2. The lowest BCUT2D eigenvalue weighted by Gasteiger charge is -2.02. The minimum Gasteiger partial charge on any atom is -0.463 e. The van der Waals surface area contributed by atoms with Crippen LogP contribution in [0.3, 0.4) is 0 Å². The Morgan fingerprint density at radius 2 is 1.81 bits per heavy atom. The van der Waals surface area contributed by atoms with Crippen molar-refractivity contribution in [2.45, 2.75) is 0 Å². The van der Waals surface area contributed by atoms with Crippen LogP contribution in [-0.2, 0) is 0 Å². The van der Waals surface area contributed by atoms with E-state index in [1.54, 1.807) is 48.8 Å². The highest BCUT2D eigenvalue weighted by Crippen LogP contribution is 2.19. The molecule has 1 amide bonds. The molecule has 7 heteroatoms. The van der Waals surface area contributed by atoms with Crippen LogP contribution in [0.15, 0.2) is 48.8 Å². The maximum Gasteiger partial charge on any atom is 0.432 e. The lowest BCUT2D eigenvalue weighted by Crippen LogP contribution is -2.15. The SMILES string of the molecule is O=C(Nc1ccncc1)c1nn(C(=O)O)c2ccccc12. The van der Waals surface area contributed by atoms with Gasteiger partial charge in [-0.15, -0.1) is 0 Å². The molecule has 0 spiro atoms. The van der Waals surface area contributed by atoms with Gasteiger partial charge in [-0.3, -0.25) is 9.78 Å². The van der Waals surface area contributed by atoms with Crippen molar-refractivity contribution < 1.29 is 14.7 Å². The van der Waals surface area contributed by atoms with E-state index < -0.39 is 12.0 Å². The average molecular weight is 282 g/mol. The number of hydrogen-bond acceptors (Lipinski definition) is 4. The van der Waals surface area contributed by atoms with E-state index in [4.69, 9.17) is 5.11 Å². The molecule has 2 aromatic heterocycles. The fraction of sp³-hybridized carbons (Fsp3) is 0. The number of benzene rings is 1. The molecule has 3 aromatic rings. The Hall–Kier alpha value is -3.22. The van der Waals surface area contributed by atoms with Gasteiger partial charge in [0.15, 0.2) is 5.69 Å². The molecule has 104 valence electrons. The highest BCUT2D eigenvalue weighted by atomic mass is 16.4. The predicted octanol–water partition coefficient (Wildman–Crippen LogP) is 2.21. The molecule has 2 N–H and O–H groups in total. The number of carboxylic acid groups (broad SMARTS) is 1. The highest BCUT2D eigenvalue weighted by molar-refractivity contribution is 6.12. The molecule has 0 saturated heterocycles. The Morgan fingerprint density at radius 1 is 1.10 bits per heavy atom. The fourth-order valence-electron chi connectivity index (χ4n) is 2.01. The van der Waals surface area contributed by atoms with E-state index in [1.165, 1.54) is 0 Å². The van der Waals surface area contributed by atoms with Crippen LogP contribution in [0.4, 0.5) is 10.5 Å². The van der Waals surface area contributed by atoms with Crippen LogP contribution in [-0.4, -0.2) is 31.9 Å². The summed E-state index contributed by atoms with van der Waals surface area (Å²) < 4.78 is 0.788. The van der Waals surface area contributed by atoms with Gasteiger partial charge in [-0.05, 0) is 18.2 Å². The van der Waals surface area contributed by atoms with E-state index in [0.29, 0.717) is 16.6 Å². The van der Waals surface area contributed by atoms with Crippen molar-refractivity contribution in [2.75, 3.05) is 5.32 Å². The van der Waals surface area contributed by atoms with Crippen LogP contribution in [0, 0.1) is 0 Å². The zero-order chi connectivity index (χ0) is 14.8. The summed E-state index contributed by atoms with van der Waals surface area (Å²) in [4.78, 5) is 27.3. The van der Waals surface area contributed by atoms with Gasteiger partial charge in [0.1, 0.15) is 0 Å². The molecule has 7 nitrogen and oxygen atoms in total. The average Bonchev–Trinajstić information content (AvgIpc) is 2.88. The van der Waals surface area contributed by atoms with Crippen molar-refractivity contribution in [3.8, 4) is 0 Å². The summed E-state index contributed by atoms with van der Waals surface area (Å²) in [6, 6.07) is 9.93. The van der Waals surface area contributed by atoms with Gasteiger partial charge < -0.3 is 10.4 Å². The normalized spacial score (nSPS) is 10.5. The van der Waals surface area contributed by atoms with Crippen molar-refractivity contribution >= 4 is 28.6 Å². The molecule has 21 heavy (non-hydrogen) atoms.